The van der Waals surface area contributed by atoms with Crippen LogP contribution in [-0.2, 0) is 7.05 Å². The van der Waals surface area contributed by atoms with Crippen LogP contribution in [0.4, 0.5) is 0 Å². The van der Waals surface area contributed by atoms with Gasteiger partial charge in [-0.15, -0.1) is 0 Å². The normalized spacial score (nSPS) is 11.1. The van der Waals surface area contributed by atoms with Crippen LogP contribution in [0.5, 0.6) is 0 Å². The lowest BCUT2D eigenvalue weighted by Gasteiger charge is -2.02. The first-order chi connectivity index (χ1) is 8.65. The first kappa shape index (κ1) is 11.8. The van der Waals surface area contributed by atoms with E-state index in [0.717, 1.165) is 31.9 Å². The van der Waals surface area contributed by atoms with E-state index in [0.29, 0.717) is 0 Å². The Morgan fingerprint density at radius 1 is 1.11 bits per heavy atom. The number of aromatic nitrogens is 2. The van der Waals surface area contributed by atoms with Gasteiger partial charge in [0.05, 0.1) is 11.0 Å². The average Bonchev–Trinajstić information content (AvgIpc) is 2.68. The maximum atomic E-state index is 5.90. The van der Waals surface area contributed by atoms with Crippen molar-refractivity contribution < 1.29 is 0 Å². The molecule has 0 aliphatic rings. The Bertz CT molecular complexity index is 716. The number of hydrogen-bond acceptors (Lipinski definition) is 1. The summed E-state index contributed by atoms with van der Waals surface area (Å²) in [5.74, 6) is 0.944. The predicted octanol–water partition coefficient (Wildman–Crippen LogP) is 4.66. The molecule has 2 aromatic carbocycles. The first-order valence-corrected chi connectivity index (χ1v) is 6.70. The molecule has 18 heavy (non-hydrogen) atoms. The van der Waals surface area contributed by atoms with E-state index >= 15 is 0 Å². The fourth-order valence-corrected chi connectivity index (χ4v) is 2.50. The Morgan fingerprint density at radius 2 is 1.83 bits per heavy atom. The molecule has 0 N–H and O–H groups in total. The summed E-state index contributed by atoms with van der Waals surface area (Å²) in [5.41, 5.74) is 3.16. The summed E-state index contributed by atoms with van der Waals surface area (Å²) in [6.07, 6.45) is 0. The van der Waals surface area contributed by atoms with Gasteiger partial charge in [-0.25, -0.2) is 4.98 Å². The summed E-state index contributed by atoms with van der Waals surface area (Å²) in [4.78, 5) is 4.65. The van der Waals surface area contributed by atoms with Crippen molar-refractivity contribution in [1.82, 2.24) is 9.55 Å². The van der Waals surface area contributed by atoms with Gasteiger partial charge in [-0.2, -0.15) is 0 Å². The third-order valence-electron chi connectivity index (χ3n) is 2.95. The molecular weight excluding hydrogens is 312 g/mol. The molecule has 0 aliphatic heterocycles. The summed E-state index contributed by atoms with van der Waals surface area (Å²) in [7, 11) is 2.02. The highest BCUT2D eigenvalue weighted by molar-refractivity contribution is 9.10. The van der Waals surface area contributed by atoms with Crippen LogP contribution < -0.4 is 0 Å². The molecule has 0 fully saturated rings. The van der Waals surface area contributed by atoms with Gasteiger partial charge >= 0.3 is 0 Å². The molecular formula is C14H10BrClN2. The number of fused-ring (bicyclic) bond motifs is 1. The minimum Gasteiger partial charge on any atom is -0.327 e. The van der Waals surface area contributed by atoms with Gasteiger partial charge in [-0.3, -0.25) is 0 Å². The van der Waals surface area contributed by atoms with E-state index in [1.165, 1.54) is 0 Å². The molecule has 0 spiro atoms. The molecule has 0 bridgehead atoms. The Morgan fingerprint density at radius 3 is 2.56 bits per heavy atom. The number of imidazole rings is 1. The smallest absolute Gasteiger partial charge is 0.140 e. The number of rotatable bonds is 1. The van der Waals surface area contributed by atoms with Crippen LogP contribution in [0, 0.1) is 0 Å². The van der Waals surface area contributed by atoms with Crippen molar-refractivity contribution in [2.75, 3.05) is 0 Å². The van der Waals surface area contributed by atoms with Crippen LogP contribution in [0.1, 0.15) is 0 Å². The van der Waals surface area contributed by atoms with Crippen molar-refractivity contribution in [3.05, 3.63) is 52.0 Å². The zero-order chi connectivity index (χ0) is 12.7. The highest BCUT2D eigenvalue weighted by Gasteiger charge is 2.09. The second-order valence-electron chi connectivity index (χ2n) is 4.13. The molecule has 90 valence electrons. The second kappa shape index (κ2) is 4.41. The standard InChI is InChI=1S/C14H10BrClN2/c1-18-13-8-10(15)4-7-12(13)17-14(18)9-2-5-11(16)6-3-9/h2-8H,1H3. The van der Waals surface area contributed by atoms with E-state index in [2.05, 4.69) is 31.5 Å². The molecule has 0 radical (unpaired) electrons. The number of hydrogen-bond donors (Lipinski definition) is 0. The Hall–Kier alpha value is -1.32. The van der Waals surface area contributed by atoms with Gasteiger partial charge in [0.25, 0.3) is 0 Å². The molecule has 1 aromatic heterocycles. The van der Waals surface area contributed by atoms with Crippen molar-refractivity contribution in [3.63, 3.8) is 0 Å². The highest BCUT2D eigenvalue weighted by Crippen LogP contribution is 2.26. The van der Waals surface area contributed by atoms with Crippen molar-refractivity contribution in [1.29, 1.82) is 0 Å². The third kappa shape index (κ3) is 1.93. The topological polar surface area (TPSA) is 17.8 Å². The molecule has 0 aliphatic carbocycles. The first-order valence-electron chi connectivity index (χ1n) is 5.53. The molecule has 3 aromatic rings. The zero-order valence-corrected chi connectivity index (χ0v) is 12.0. The lowest BCUT2D eigenvalue weighted by Crippen LogP contribution is -1.92. The lowest BCUT2D eigenvalue weighted by atomic mass is 10.2. The second-order valence-corrected chi connectivity index (χ2v) is 5.49. The van der Waals surface area contributed by atoms with Crippen LogP contribution in [0.3, 0.4) is 0 Å². The Balaban J connectivity index is 2.23. The molecule has 0 amide bonds. The number of halogens is 2. The average molecular weight is 322 g/mol. The van der Waals surface area contributed by atoms with E-state index in [4.69, 9.17) is 11.6 Å². The van der Waals surface area contributed by atoms with Gasteiger partial charge < -0.3 is 4.57 Å². The fraction of sp³-hybridized carbons (Fsp3) is 0.0714. The predicted molar refractivity (Wildman–Crippen MR) is 78.9 cm³/mol. The summed E-state index contributed by atoms with van der Waals surface area (Å²) in [5, 5.41) is 0.736. The monoisotopic (exact) mass is 320 g/mol. The van der Waals surface area contributed by atoms with E-state index in [1.54, 1.807) is 0 Å². The van der Waals surface area contributed by atoms with Crippen LogP contribution in [0.25, 0.3) is 22.4 Å². The molecule has 0 saturated carbocycles. The highest BCUT2D eigenvalue weighted by atomic mass is 79.9. The van der Waals surface area contributed by atoms with Crippen LogP contribution >= 0.6 is 27.5 Å². The third-order valence-corrected chi connectivity index (χ3v) is 3.69. The SMILES string of the molecule is Cn1c(-c2ccc(Cl)cc2)nc2ccc(Br)cc21. The number of aryl methyl sites for hydroxylation is 1. The zero-order valence-electron chi connectivity index (χ0n) is 9.69. The molecule has 2 nitrogen and oxygen atoms in total. The van der Waals surface area contributed by atoms with Gasteiger partial charge in [0.2, 0.25) is 0 Å². The number of benzene rings is 2. The van der Waals surface area contributed by atoms with Crippen molar-refractivity contribution >= 4 is 38.6 Å². The Labute approximate surface area is 118 Å². The fourth-order valence-electron chi connectivity index (χ4n) is 2.02. The van der Waals surface area contributed by atoms with E-state index in [9.17, 15) is 0 Å². The summed E-state index contributed by atoms with van der Waals surface area (Å²) < 4.78 is 3.14. The maximum Gasteiger partial charge on any atom is 0.140 e. The van der Waals surface area contributed by atoms with E-state index in [1.807, 2.05) is 43.4 Å². The summed E-state index contributed by atoms with van der Waals surface area (Å²) in [6.45, 7) is 0. The largest absolute Gasteiger partial charge is 0.327 e. The van der Waals surface area contributed by atoms with Crippen LogP contribution in [0.2, 0.25) is 5.02 Å². The molecule has 0 atom stereocenters. The van der Waals surface area contributed by atoms with Gasteiger partial charge in [0, 0.05) is 22.1 Å². The maximum absolute atomic E-state index is 5.90. The summed E-state index contributed by atoms with van der Waals surface area (Å²) >= 11 is 9.39. The molecule has 4 heteroatoms. The van der Waals surface area contributed by atoms with E-state index < -0.39 is 0 Å². The van der Waals surface area contributed by atoms with Gasteiger partial charge in [-0.05, 0) is 42.5 Å². The van der Waals surface area contributed by atoms with E-state index in [-0.39, 0.29) is 0 Å². The van der Waals surface area contributed by atoms with Crippen LogP contribution in [-0.4, -0.2) is 9.55 Å². The van der Waals surface area contributed by atoms with Gasteiger partial charge in [0.15, 0.2) is 0 Å². The van der Waals surface area contributed by atoms with Crippen molar-refractivity contribution in [2.45, 2.75) is 0 Å². The Kier molecular flexibility index (Phi) is 2.88. The quantitative estimate of drug-likeness (QED) is 0.637. The number of nitrogens with zero attached hydrogens (tertiary/aromatic N) is 2. The molecule has 1 heterocycles. The minimum atomic E-state index is 0.736. The lowest BCUT2D eigenvalue weighted by molar-refractivity contribution is 0.959. The molecule has 0 saturated heterocycles. The summed E-state index contributed by atoms with van der Waals surface area (Å²) in [6, 6.07) is 13.8. The minimum absolute atomic E-state index is 0.736. The van der Waals surface area contributed by atoms with Crippen molar-refractivity contribution in [2.24, 2.45) is 7.05 Å². The molecule has 0 unspecified atom stereocenters. The van der Waals surface area contributed by atoms with Gasteiger partial charge in [0.1, 0.15) is 5.82 Å². The molecule has 3 rings (SSSR count). The van der Waals surface area contributed by atoms with Crippen LogP contribution in [0.15, 0.2) is 46.9 Å². The van der Waals surface area contributed by atoms with Crippen molar-refractivity contribution in [3.8, 4) is 11.4 Å². The van der Waals surface area contributed by atoms with Gasteiger partial charge in [-0.1, -0.05) is 27.5 Å².